The minimum absolute atomic E-state index is 0.110. The molecule has 0 aliphatic carbocycles. The van der Waals surface area contributed by atoms with Gasteiger partial charge in [-0.2, -0.15) is 0 Å². The summed E-state index contributed by atoms with van der Waals surface area (Å²) in [6.07, 6.45) is 1.52. The van der Waals surface area contributed by atoms with Crippen LogP contribution >= 0.6 is 0 Å². The van der Waals surface area contributed by atoms with Gasteiger partial charge >= 0.3 is 0 Å². The van der Waals surface area contributed by atoms with E-state index in [4.69, 9.17) is 18.6 Å². The number of rotatable bonds is 6. The minimum Gasteiger partial charge on any atom is -0.459 e. The highest BCUT2D eigenvalue weighted by Crippen LogP contribution is 2.32. The summed E-state index contributed by atoms with van der Waals surface area (Å²) in [6.45, 7) is 5.43. The predicted molar refractivity (Wildman–Crippen MR) is 93.3 cm³/mol. The number of amides is 1. The first-order chi connectivity index (χ1) is 12.8. The molecule has 1 amide bonds. The third kappa shape index (κ3) is 3.84. The van der Waals surface area contributed by atoms with Gasteiger partial charge in [-0.15, -0.1) is 0 Å². The Morgan fingerprint density at radius 2 is 1.96 bits per heavy atom. The molecule has 0 unspecified atom stereocenters. The summed E-state index contributed by atoms with van der Waals surface area (Å²) in [7, 11) is 0. The highest BCUT2D eigenvalue weighted by atomic mass is 16.7. The van der Waals surface area contributed by atoms with Crippen molar-refractivity contribution in [2.45, 2.75) is 6.54 Å². The van der Waals surface area contributed by atoms with Gasteiger partial charge in [0.25, 0.3) is 5.91 Å². The Kier molecular flexibility index (Phi) is 5.08. The summed E-state index contributed by atoms with van der Waals surface area (Å²) in [6, 6.07) is 9.21. The number of nitrogens with zero attached hydrogens (tertiary/aromatic N) is 2. The van der Waals surface area contributed by atoms with Crippen molar-refractivity contribution in [3.63, 3.8) is 0 Å². The monoisotopic (exact) mass is 358 g/mol. The van der Waals surface area contributed by atoms with Gasteiger partial charge in [-0.3, -0.25) is 9.69 Å². The number of ether oxygens (including phenoxy) is 3. The van der Waals surface area contributed by atoms with Gasteiger partial charge in [-0.25, -0.2) is 0 Å². The Morgan fingerprint density at radius 3 is 2.77 bits per heavy atom. The van der Waals surface area contributed by atoms with E-state index < -0.39 is 0 Å². The third-order valence-electron chi connectivity index (χ3n) is 4.62. The molecular weight excluding hydrogens is 336 g/mol. The molecule has 7 nitrogen and oxygen atoms in total. The second kappa shape index (κ2) is 7.80. The summed E-state index contributed by atoms with van der Waals surface area (Å²) in [5.74, 6) is 1.71. The van der Waals surface area contributed by atoms with Gasteiger partial charge in [0.05, 0.1) is 19.5 Å². The third-order valence-corrected chi connectivity index (χ3v) is 4.62. The highest BCUT2D eigenvalue weighted by molar-refractivity contribution is 5.91. The first-order valence-corrected chi connectivity index (χ1v) is 8.81. The molecule has 26 heavy (non-hydrogen) atoms. The van der Waals surface area contributed by atoms with Crippen LogP contribution < -0.4 is 9.47 Å². The van der Waals surface area contributed by atoms with E-state index in [9.17, 15) is 4.79 Å². The van der Waals surface area contributed by atoms with Crippen LogP contribution in [-0.4, -0.2) is 61.9 Å². The van der Waals surface area contributed by atoms with Crippen LogP contribution in [0.5, 0.6) is 11.5 Å². The summed E-state index contributed by atoms with van der Waals surface area (Å²) in [5.41, 5.74) is 0.996. The molecule has 2 aliphatic rings. The van der Waals surface area contributed by atoms with Crippen molar-refractivity contribution in [1.82, 2.24) is 9.80 Å². The van der Waals surface area contributed by atoms with Crippen molar-refractivity contribution in [3.8, 4) is 11.5 Å². The van der Waals surface area contributed by atoms with Gasteiger partial charge in [0.2, 0.25) is 6.79 Å². The molecule has 1 aromatic carbocycles. The zero-order valence-corrected chi connectivity index (χ0v) is 14.6. The summed E-state index contributed by atoms with van der Waals surface area (Å²) < 4.78 is 21.5. The average molecular weight is 358 g/mol. The van der Waals surface area contributed by atoms with Crippen molar-refractivity contribution in [1.29, 1.82) is 0 Å². The lowest BCUT2D eigenvalue weighted by Gasteiger charge is -2.30. The van der Waals surface area contributed by atoms with E-state index in [0.29, 0.717) is 18.8 Å². The molecule has 2 aliphatic heterocycles. The molecule has 1 saturated heterocycles. The maximum Gasteiger partial charge on any atom is 0.289 e. The average Bonchev–Trinajstić information content (AvgIpc) is 3.36. The van der Waals surface area contributed by atoms with E-state index in [1.165, 1.54) is 6.26 Å². The fourth-order valence-corrected chi connectivity index (χ4v) is 3.16. The number of carbonyl (C=O) groups excluding carboxylic acids is 1. The van der Waals surface area contributed by atoms with Crippen LogP contribution in [0.1, 0.15) is 16.1 Å². The lowest BCUT2D eigenvalue weighted by molar-refractivity contribution is 0.0316. The summed E-state index contributed by atoms with van der Waals surface area (Å²) in [4.78, 5) is 17.0. The molecule has 0 saturated carbocycles. The van der Waals surface area contributed by atoms with Crippen molar-refractivity contribution >= 4 is 5.91 Å². The quantitative estimate of drug-likeness (QED) is 0.787. The van der Waals surface area contributed by atoms with E-state index in [-0.39, 0.29) is 12.7 Å². The number of hydrogen-bond donors (Lipinski definition) is 0. The predicted octanol–water partition coefficient (Wildman–Crippen LogP) is 1.98. The molecule has 4 rings (SSSR count). The van der Waals surface area contributed by atoms with E-state index in [1.54, 1.807) is 12.1 Å². The largest absolute Gasteiger partial charge is 0.459 e. The number of morpholine rings is 1. The fraction of sp³-hybridized carbons (Fsp3) is 0.421. The van der Waals surface area contributed by atoms with Gasteiger partial charge in [0.15, 0.2) is 17.3 Å². The van der Waals surface area contributed by atoms with Crippen LogP contribution in [0.25, 0.3) is 0 Å². The lowest BCUT2D eigenvalue weighted by atomic mass is 10.2. The zero-order chi connectivity index (χ0) is 17.8. The Morgan fingerprint density at radius 1 is 1.12 bits per heavy atom. The van der Waals surface area contributed by atoms with Crippen LogP contribution in [0.4, 0.5) is 0 Å². The molecule has 138 valence electrons. The minimum atomic E-state index is -0.110. The maximum atomic E-state index is 12.8. The second-order valence-electron chi connectivity index (χ2n) is 6.35. The lowest BCUT2D eigenvalue weighted by Crippen LogP contribution is -2.42. The Hall–Kier alpha value is -2.51. The molecule has 0 radical (unpaired) electrons. The Bertz CT molecular complexity index is 740. The van der Waals surface area contributed by atoms with Gasteiger partial charge in [-0.1, -0.05) is 6.07 Å². The van der Waals surface area contributed by atoms with Crippen molar-refractivity contribution in [2.75, 3.05) is 46.2 Å². The molecule has 7 heteroatoms. The summed E-state index contributed by atoms with van der Waals surface area (Å²) >= 11 is 0. The topological polar surface area (TPSA) is 64.4 Å². The number of benzene rings is 1. The van der Waals surface area contributed by atoms with Crippen LogP contribution in [0.3, 0.4) is 0 Å². The molecule has 3 heterocycles. The highest BCUT2D eigenvalue weighted by Gasteiger charge is 2.21. The van der Waals surface area contributed by atoms with Crippen LogP contribution in [0, 0.1) is 0 Å². The van der Waals surface area contributed by atoms with Gasteiger partial charge < -0.3 is 23.5 Å². The number of fused-ring (bicyclic) bond motifs is 1. The van der Waals surface area contributed by atoms with Crippen LogP contribution in [0.2, 0.25) is 0 Å². The standard InChI is InChI=1S/C19H22N2O5/c22-19(17-2-1-9-24-17)21(6-5-20-7-10-23-11-8-20)13-15-3-4-16-18(12-15)26-14-25-16/h1-4,9,12H,5-8,10-11,13-14H2. The smallest absolute Gasteiger partial charge is 0.289 e. The summed E-state index contributed by atoms with van der Waals surface area (Å²) in [5, 5.41) is 0. The SMILES string of the molecule is O=C(c1ccco1)N(CCN1CCOCC1)Cc1ccc2c(c1)OCO2. The molecular formula is C19H22N2O5. The molecule has 1 aromatic heterocycles. The van der Waals surface area contributed by atoms with E-state index in [0.717, 1.165) is 49.9 Å². The number of carbonyl (C=O) groups is 1. The molecule has 0 N–H and O–H groups in total. The normalized spacial score (nSPS) is 16.6. The second-order valence-corrected chi connectivity index (χ2v) is 6.35. The van der Waals surface area contributed by atoms with E-state index in [1.807, 2.05) is 23.1 Å². The molecule has 2 aromatic rings. The van der Waals surface area contributed by atoms with Gasteiger partial charge in [0.1, 0.15) is 0 Å². The van der Waals surface area contributed by atoms with Crippen molar-refractivity contribution in [3.05, 3.63) is 47.9 Å². The van der Waals surface area contributed by atoms with Crippen molar-refractivity contribution in [2.24, 2.45) is 0 Å². The van der Waals surface area contributed by atoms with Crippen molar-refractivity contribution < 1.29 is 23.4 Å². The molecule has 0 atom stereocenters. The molecule has 1 fully saturated rings. The van der Waals surface area contributed by atoms with Gasteiger partial charge in [-0.05, 0) is 29.8 Å². The number of hydrogen-bond acceptors (Lipinski definition) is 6. The first-order valence-electron chi connectivity index (χ1n) is 8.81. The van der Waals surface area contributed by atoms with Crippen LogP contribution in [-0.2, 0) is 11.3 Å². The van der Waals surface area contributed by atoms with E-state index >= 15 is 0 Å². The van der Waals surface area contributed by atoms with Crippen LogP contribution in [0.15, 0.2) is 41.0 Å². The van der Waals surface area contributed by atoms with E-state index in [2.05, 4.69) is 4.90 Å². The fourth-order valence-electron chi connectivity index (χ4n) is 3.16. The zero-order valence-electron chi connectivity index (χ0n) is 14.6. The maximum absolute atomic E-state index is 12.8. The molecule has 0 spiro atoms. The Balaban J connectivity index is 1.47. The first kappa shape index (κ1) is 16.9. The van der Waals surface area contributed by atoms with Gasteiger partial charge in [0, 0.05) is 32.7 Å². The Labute approximate surface area is 152 Å². The number of furan rings is 1. The molecule has 0 bridgehead atoms.